The summed E-state index contributed by atoms with van der Waals surface area (Å²) in [6.07, 6.45) is 1.34. The molecule has 0 spiro atoms. The second kappa shape index (κ2) is 4.66. The quantitative estimate of drug-likeness (QED) is 0.449. The van der Waals surface area contributed by atoms with Crippen molar-refractivity contribution < 1.29 is 14.3 Å². The number of rotatable bonds is 4. The monoisotopic (exact) mass is 156 g/mol. The highest BCUT2D eigenvalue weighted by Crippen LogP contribution is 2.04. The van der Waals surface area contributed by atoms with Crippen molar-refractivity contribution in [3.8, 4) is 0 Å². The minimum absolute atomic E-state index is 0.126. The number of hydrogen-bond acceptors (Lipinski definition) is 3. The fraction of sp³-hybridized carbons (Fsp3) is 0.500. The van der Waals surface area contributed by atoms with Gasteiger partial charge in [0.2, 0.25) is 0 Å². The van der Waals surface area contributed by atoms with E-state index in [1.807, 2.05) is 0 Å². The van der Waals surface area contributed by atoms with Crippen LogP contribution in [0, 0.1) is 5.92 Å². The average molecular weight is 156 g/mol. The summed E-state index contributed by atoms with van der Waals surface area (Å²) in [6.45, 7) is 4.98. The van der Waals surface area contributed by atoms with E-state index in [0.717, 1.165) is 0 Å². The zero-order valence-corrected chi connectivity index (χ0v) is 6.79. The Morgan fingerprint density at radius 3 is 2.55 bits per heavy atom. The molecule has 1 atom stereocenters. The summed E-state index contributed by atoms with van der Waals surface area (Å²) in [5, 5.41) is 0. The maximum Gasteiger partial charge on any atom is 0.306 e. The van der Waals surface area contributed by atoms with Crippen LogP contribution in [-0.4, -0.2) is 18.9 Å². The van der Waals surface area contributed by atoms with Crippen LogP contribution in [0.4, 0.5) is 0 Å². The first-order chi connectivity index (χ1) is 5.11. The fourth-order valence-electron chi connectivity index (χ4n) is 0.635. The molecule has 3 heteroatoms. The molecule has 11 heavy (non-hydrogen) atoms. The van der Waals surface area contributed by atoms with Gasteiger partial charge >= 0.3 is 5.97 Å². The van der Waals surface area contributed by atoms with E-state index >= 15 is 0 Å². The minimum Gasteiger partial charge on any atom is -0.469 e. The van der Waals surface area contributed by atoms with Gasteiger partial charge in [0.15, 0.2) is 5.78 Å². The highest BCUT2D eigenvalue weighted by molar-refractivity contribution is 5.93. The van der Waals surface area contributed by atoms with Gasteiger partial charge in [-0.05, 0) is 6.08 Å². The number of carbonyl (C=O) groups excluding carboxylic acids is 2. The van der Waals surface area contributed by atoms with Gasteiger partial charge in [0.05, 0.1) is 13.5 Å². The molecule has 0 rings (SSSR count). The van der Waals surface area contributed by atoms with Crippen LogP contribution in [0.5, 0.6) is 0 Å². The Hall–Kier alpha value is -1.12. The number of ether oxygens (including phenoxy) is 1. The Morgan fingerprint density at radius 1 is 1.64 bits per heavy atom. The summed E-state index contributed by atoms with van der Waals surface area (Å²) in [5.74, 6) is -0.817. The third-order valence-corrected chi connectivity index (χ3v) is 1.39. The normalized spacial score (nSPS) is 11.8. The smallest absolute Gasteiger partial charge is 0.306 e. The van der Waals surface area contributed by atoms with Gasteiger partial charge < -0.3 is 4.74 Å². The summed E-state index contributed by atoms with van der Waals surface area (Å²) in [7, 11) is 1.30. The lowest BCUT2D eigenvalue weighted by Crippen LogP contribution is -2.13. The van der Waals surface area contributed by atoms with Gasteiger partial charge in [-0.2, -0.15) is 0 Å². The molecule has 62 valence electrons. The molecule has 0 aromatic rings. The van der Waals surface area contributed by atoms with E-state index < -0.39 is 0 Å². The van der Waals surface area contributed by atoms with E-state index in [9.17, 15) is 9.59 Å². The van der Waals surface area contributed by atoms with Crippen molar-refractivity contribution in [2.75, 3.05) is 7.11 Å². The maximum absolute atomic E-state index is 10.8. The molecule has 0 bridgehead atoms. The molecule has 0 saturated heterocycles. The van der Waals surface area contributed by atoms with Crippen LogP contribution in [0.2, 0.25) is 0 Å². The number of carbonyl (C=O) groups is 2. The molecular weight excluding hydrogens is 144 g/mol. The summed E-state index contributed by atoms with van der Waals surface area (Å²) in [6, 6.07) is 0. The van der Waals surface area contributed by atoms with E-state index in [1.54, 1.807) is 6.92 Å². The molecule has 0 fully saturated rings. The van der Waals surface area contributed by atoms with E-state index in [0.29, 0.717) is 0 Å². The van der Waals surface area contributed by atoms with Gasteiger partial charge in [-0.15, -0.1) is 0 Å². The molecule has 0 aliphatic heterocycles. The molecule has 0 aromatic carbocycles. The van der Waals surface area contributed by atoms with Gasteiger partial charge in [-0.25, -0.2) is 0 Å². The first-order valence-corrected chi connectivity index (χ1v) is 3.35. The number of methoxy groups -OCH3 is 1. The van der Waals surface area contributed by atoms with E-state index in [1.165, 1.54) is 13.2 Å². The lowest BCUT2D eigenvalue weighted by atomic mass is 10.0. The van der Waals surface area contributed by atoms with Crippen molar-refractivity contribution in [1.82, 2.24) is 0 Å². The average Bonchev–Trinajstić information content (AvgIpc) is 2.02. The highest BCUT2D eigenvalue weighted by Gasteiger charge is 2.13. The van der Waals surface area contributed by atoms with Crippen LogP contribution in [-0.2, 0) is 14.3 Å². The van der Waals surface area contributed by atoms with Crippen molar-refractivity contribution in [3.05, 3.63) is 12.7 Å². The van der Waals surface area contributed by atoms with E-state index in [-0.39, 0.29) is 24.1 Å². The molecule has 0 saturated carbocycles. The van der Waals surface area contributed by atoms with Crippen LogP contribution >= 0.6 is 0 Å². The van der Waals surface area contributed by atoms with Gasteiger partial charge in [-0.3, -0.25) is 9.59 Å². The second-order valence-corrected chi connectivity index (χ2v) is 2.29. The van der Waals surface area contributed by atoms with Crippen molar-refractivity contribution >= 4 is 11.8 Å². The maximum atomic E-state index is 10.8. The first-order valence-electron chi connectivity index (χ1n) is 3.35. The second-order valence-electron chi connectivity index (χ2n) is 2.29. The zero-order valence-electron chi connectivity index (χ0n) is 6.79. The number of allylic oxidation sites excluding steroid dienone is 1. The summed E-state index contributed by atoms with van der Waals surface area (Å²) in [5.41, 5.74) is 0. The predicted octanol–water partition coefficient (Wildman–Crippen LogP) is 0.941. The van der Waals surface area contributed by atoms with Crippen LogP contribution in [0.15, 0.2) is 12.7 Å². The lowest BCUT2D eigenvalue weighted by molar-refractivity contribution is -0.143. The Labute approximate surface area is 66.0 Å². The lowest BCUT2D eigenvalue weighted by Gasteiger charge is -2.04. The number of hydrogen-bond donors (Lipinski definition) is 0. The van der Waals surface area contributed by atoms with E-state index in [2.05, 4.69) is 11.3 Å². The minimum atomic E-state index is -0.368. The molecule has 0 radical (unpaired) electrons. The zero-order chi connectivity index (χ0) is 8.85. The van der Waals surface area contributed by atoms with Gasteiger partial charge in [0.1, 0.15) is 0 Å². The molecule has 3 nitrogen and oxygen atoms in total. The topological polar surface area (TPSA) is 43.4 Å². The highest BCUT2D eigenvalue weighted by atomic mass is 16.5. The molecule has 0 heterocycles. The Morgan fingerprint density at radius 2 is 2.18 bits per heavy atom. The van der Waals surface area contributed by atoms with Gasteiger partial charge in [0, 0.05) is 5.92 Å². The molecule has 0 aliphatic rings. The summed E-state index contributed by atoms with van der Waals surface area (Å²) < 4.78 is 4.39. The summed E-state index contributed by atoms with van der Waals surface area (Å²) >= 11 is 0. The van der Waals surface area contributed by atoms with Crippen LogP contribution in [0.1, 0.15) is 13.3 Å². The number of esters is 1. The summed E-state index contributed by atoms with van der Waals surface area (Å²) in [4.78, 5) is 21.5. The molecule has 0 N–H and O–H groups in total. The molecule has 0 amide bonds. The Balaban J connectivity index is 3.86. The SMILES string of the molecule is C=CC(=O)C(C)CC(=O)OC. The van der Waals surface area contributed by atoms with Crippen molar-refractivity contribution in [1.29, 1.82) is 0 Å². The molecular formula is C8H12O3. The van der Waals surface area contributed by atoms with Crippen molar-refractivity contribution in [2.45, 2.75) is 13.3 Å². The Bertz CT molecular complexity index is 172. The predicted molar refractivity (Wildman–Crippen MR) is 41.0 cm³/mol. The number of ketones is 1. The van der Waals surface area contributed by atoms with Gasteiger partial charge in [-0.1, -0.05) is 13.5 Å². The standard InChI is InChI=1S/C8H12O3/c1-4-7(9)6(2)5-8(10)11-3/h4,6H,1,5H2,2-3H3. The fourth-order valence-corrected chi connectivity index (χ4v) is 0.635. The van der Waals surface area contributed by atoms with Crippen molar-refractivity contribution in [3.63, 3.8) is 0 Å². The molecule has 0 aliphatic carbocycles. The van der Waals surface area contributed by atoms with Crippen molar-refractivity contribution in [2.24, 2.45) is 5.92 Å². The van der Waals surface area contributed by atoms with Crippen LogP contribution in [0.3, 0.4) is 0 Å². The Kier molecular flexibility index (Phi) is 4.18. The van der Waals surface area contributed by atoms with E-state index in [4.69, 9.17) is 0 Å². The molecule has 0 aromatic heterocycles. The van der Waals surface area contributed by atoms with Crippen LogP contribution < -0.4 is 0 Å². The third-order valence-electron chi connectivity index (χ3n) is 1.39. The third kappa shape index (κ3) is 3.55. The van der Waals surface area contributed by atoms with Crippen LogP contribution in [0.25, 0.3) is 0 Å². The molecule has 1 unspecified atom stereocenters. The van der Waals surface area contributed by atoms with Gasteiger partial charge in [0.25, 0.3) is 0 Å². The largest absolute Gasteiger partial charge is 0.469 e. The first kappa shape index (κ1) is 9.88.